The zero-order valence-corrected chi connectivity index (χ0v) is 12.0. The van der Waals surface area contributed by atoms with Crippen LogP contribution in [0.25, 0.3) is 0 Å². The van der Waals surface area contributed by atoms with E-state index in [1.54, 1.807) is 36.4 Å². The molecule has 1 N–H and O–H groups in total. The highest BCUT2D eigenvalue weighted by atomic mass is 16.7. The fourth-order valence-corrected chi connectivity index (χ4v) is 2.39. The van der Waals surface area contributed by atoms with Gasteiger partial charge in [-0.25, -0.2) is 9.63 Å². The number of aliphatic carboxylic acids is 1. The van der Waals surface area contributed by atoms with Gasteiger partial charge >= 0.3 is 5.97 Å². The molecule has 1 heterocycles. The Morgan fingerprint density at radius 1 is 0.957 bits per heavy atom. The average molecular weight is 311 g/mol. The fraction of sp³-hybridized carbons (Fsp3) is 0.118. The number of nitrogens with zero attached hydrogens (tertiary/aromatic N) is 1. The Labute approximate surface area is 131 Å². The predicted molar refractivity (Wildman–Crippen MR) is 79.6 cm³/mol. The van der Waals surface area contributed by atoms with Crippen molar-refractivity contribution in [3.8, 4) is 0 Å². The van der Waals surface area contributed by atoms with Crippen molar-refractivity contribution in [3.63, 3.8) is 0 Å². The highest BCUT2D eigenvalue weighted by Gasteiger charge is 2.39. The van der Waals surface area contributed by atoms with Gasteiger partial charge in [0.2, 0.25) is 0 Å². The van der Waals surface area contributed by atoms with Gasteiger partial charge in [-0.3, -0.25) is 9.59 Å². The van der Waals surface area contributed by atoms with Crippen LogP contribution in [0.15, 0.2) is 54.6 Å². The molecule has 3 rings (SSSR count). The number of carbonyl (C=O) groups is 3. The van der Waals surface area contributed by atoms with Crippen molar-refractivity contribution in [1.82, 2.24) is 5.06 Å². The number of hydrogen-bond acceptors (Lipinski definition) is 4. The van der Waals surface area contributed by atoms with Gasteiger partial charge in [-0.1, -0.05) is 42.5 Å². The molecule has 6 nitrogen and oxygen atoms in total. The minimum absolute atomic E-state index is 0.0452. The summed E-state index contributed by atoms with van der Waals surface area (Å²) < 4.78 is 0. The van der Waals surface area contributed by atoms with Crippen molar-refractivity contribution in [2.75, 3.05) is 0 Å². The Morgan fingerprint density at radius 2 is 1.48 bits per heavy atom. The standard InChI is InChI=1S/C17H13NO5/c19-15-12-8-4-5-9-13(12)16(20)18(15)23-14(17(21)22)10-11-6-2-1-3-7-11/h1-9,14H,10H2,(H,21,22). The first kappa shape index (κ1) is 14.9. The third-order valence-electron chi connectivity index (χ3n) is 3.53. The van der Waals surface area contributed by atoms with Crippen LogP contribution >= 0.6 is 0 Å². The predicted octanol–water partition coefficient (Wildman–Crippen LogP) is 1.91. The number of hydroxylamine groups is 2. The molecule has 0 fully saturated rings. The summed E-state index contributed by atoms with van der Waals surface area (Å²) in [5.74, 6) is -2.54. The van der Waals surface area contributed by atoms with Crippen molar-refractivity contribution in [2.45, 2.75) is 12.5 Å². The van der Waals surface area contributed by atoms with Crippen molar-refractivity contribution in [2.24, 2.45) is 0 Å². The number of amides is 2. The Kier molecular flexibility index (Phi) is 3.91. The highest BCUT2D eigenvalue weighted by Crippen LogP contribution is 2.24. The lowest BCUT2D eigenvalue weighted by Crippen LogP contribution is -2.39. The molecule has 1 unspecified atom stereocenters. The van der Waals surface area contributed by atoms with Crippen LogP contribution in [0.5, 0.6) is 0 Å². The molecule has 0 saturated carbocycles. The van der Waals surface area contributed by atoms with Gasteiger partial charge in [0, 0.05) is 6.42 Å². The second-order valence-corrected chi connectivity index (χ2v) is 5.07. The largest absolute Gasteiger partial charge is 0.479 e. The van der Waals surface area contributed by atoms with Crippen molar-refractivity contribution >= 4 is 17.8 Å². The SMILES string of the molecule is O=C(O)C(Cc1ccccc1)ON1C(=O)c2ccccc2C1=O. The van der Waals surface area contributed by atoms with Crippen LogP contribution in [0.4, 0.5) is 0 Å². The van der Waals surface area contributed by atoms with Crippen LogP contribution < -0.4 is 0 Å². The molecule has 0 radical (unpaired) electrons. The quantitative estimate of drug-likeness (QED) is 0.853. The van der Waals surface area contributed by atoms with E-state index in [2.05, 4.69) is 0 Å². The molecule has 0 bridgehead atoms. The lowest BCUT2D eigenvalue weighted by molar-refractivity contribution is -0.174. The van der Waals surface area contributed by atoms with E-state index in [1.807, 2.05) is 6.07 Å². The van der Waals surface area contributed by atoms with Crippen LogP contribution in [0, 0.1) is 0 Å². The second kappa shape index (κ2) is 6.02. The molecule has 2 aromatic rings. The van der Waals surface area contributed by atoms with E-state index in [1.165, 1.54) is 12.1 Å². The van der Waals surface area contributed by atoms with Gasteiger partial charge in [0.05, 0.1) is 11.1 Å². The van der Waals surface area contributed by atoms with E-state index in [-0.39, 0.29) is 17.5 Å². The Balaban J connectivity index is 1.81. The third-order valence-corrected chi connectivity index (χ3v) is 3.53. The Morgan fingerprint density at radius 3 is 2.00 bits per heavy atom. The zero-order chi connectivity index (χ0) is 16.4. The lowest BCUT2D eigenvalue weighted by atomic mass is 10.1. The molecule has 116 valence electrons. The average Bonchev–Trinajstić information content (AvgIpc) is 2.80. The normalized spacial score (nSPS) is 14.7. The number of imide groups is 1. The smallest absolute Gasteiger partial charge is 0.335 e. The van der Waals surface area contributed by atoms with E-state index in [0.717, 1.165) is 5.56 Å². The minimum atomic E-state index is -1.33. The summed E-state index contributed by atoms with van der Waals surface area (Å²) in [4.78, 5) is 41.0. The minimum Gasteiger partial charge on any atom is -0.479 e. The first-order valence-corrected chi connectivity index (χ1v) is 6.99. The van der Waals surface area contributed by atoms with Crippen LogP contribution in [-0.2, 0) is 16.1 Å². The van der Waals surface area contributed by atoms with Crippen LogP contribution in [0.1, 0.15) is 26.3 Å². The number of carbonyl (C=O) groups excluding carboxylic acids is 2. The topological polar surface area (TPSA) is 83.9 Å². The van der Waals surface area contributed by atoms with Gasteiger partial charge in [-0.2, -0.15) is 0 Å². The Bertz CT molecular complexity index is 737. The van der Waals surface area contributed by atoms with Gasteiger partial charge in [-0.05, 0) is 17.7 Å². The highest BCUT2D eigenvalue weighted by molar-refractivity contribution is 6.20. The Hall–Kier alpha value is -2.99. The maximum Gasteiger partial charge on any atom is 0.335 e. The first-order chi connectivity index (χ1) is 11.1. The summed E-state index contributed by atoms with van der Waals surface area (Å²) in [6, 6.07) is 15.1. The third kappa shape index (κ3) is 2.84. The molecule has 2 aromatic carbocycles. The maximum absolute atomic E-state index is 12.2. The van der Waals surface area contributed by atoms with Gasteiger partial charge in [0.25, 0.3) is 11.8 Å². The summed E-state index contributed by atoms with van der Waals surface area (Å²) in [5.41, 5.74) is 1.15. The molecule has 1 aliphatic heterocycles. The molecular weight excluding hydrogens is 298 g/mol. The number of hydrogen-bond donors (Lipinski definition) is 1. The molecule has 23 heavy (non-hydrogen) atoms. The first-order valence-electron chi connectivity index (χ1n) is 6.99. The van der Waals surface area contributed by atoms with Gasteiger partial charge < -0.3 is 5.11 Å². The summed E-state index contributed by atoms with van der Waals surface area (Å²) >= 11 is 0. The molecule has 0 aliphatic carbocycles. The van der Waals surface area contributed by atoms with Crippen LogP contribution in [-0.4, -0.2) is 34.1 Å². The van der Waals surface area contributed by atoms with Crippen LogP contribution in [0.2, 0.25) is 0 Å². The van der Waals surface area contributed by atoms with Crippen molar-refractivity contribution in [1.29, 1.82) is 0 Å². The number of fused-ring (bicyclic) bond motifs is 1. The fourth-order valence-electron chi connectivity index (χ4n) is 2.39. The van der Waals surface area contributed by atoms with Crippen molar-refractivity contribution in [3.05, 3.63) is 71.3 Å². The molecule has 2 amide bonds. The zero-order valence-electron chi connectivity index (χ0n) is 12.0. The van der Waals surface area contributed by atoms with E-state index in [4.69, 9.17) is 4.84 Å². The molecule has 0 aromatic heterocycles. The monoisotopic (exact) mass is 311 g/mol. The summed E-state index contributed by atoms with van der Waals surface area (Å²) in [6.07, 6.45) is -1.29. The van der Waals surface area contributed by atoms with Crippen LogP contribution in [0.3, 0.4) is 0 Å². The van der Waals surface area contributed by atoms with Crippen molar-refractivity contribution < 1.29 is 24.3 Å². The van der Waals surface area contributed by atoms with E-state index >= 15 is 0 Å². The van der Waals surface area contributed by atoms with Gasteiger partial charge in [0.15, 0.2) is 6.10 Å². The number of benzene rings is 2. The molecule has 0 saturated heterocycles. The number of carboxylic acid groups (broad SMARTS) is 1. The van der Waals surface area contributed by atoms with E-state index < -0.39 is 23.9 Å². The van der Waals surface area contributed by atoms with E-state index in [9.17, 15) is 19.5 Å². The summed E-state index contributed by atoms with van der Waals surface area (Å²) in [5, 5.41) is 9.84. The summed E-state index contributed by atoms with van der Waals surface area (Å²) in [7, 11) is 0. The van der Waals surface area contributed by atoms with Gasteiger partial charge in [-0.15, -0.1) is 5.06 Å². The lowest BCUT2D eigenvalue weighted by Gasteiger charge is -2.19. The molecule has 1 atom stereocenters. The maximum atomic E-state index is 12.2. The molecule has 1 aliphatic rings. The number of rotatable bonds is 5. The number of carboxylic acids is 1. The molecule has 6 heteroatoms. The second-order valence-electron chi connectivity index (χ2n) is 5.07. The molecular formula is C17H13NO5. The molecule has 0 spiro atoms. The van der Waals surface area contributed by atoms with Gasteiger partial charge in [0.1, 0.15) is 0 Å². The summed E-state index contributed by atoms with van der Waals surface area (Å²) in [6.45, 7) is 0. The van der Waals surface area contributed by atoms with E-state index in [0.29, 0.717) is 5.06 Å².